The van der Waals surface area contributed by atoms with Crippen molar-refractivity contribution in [3.63, 3.8) is 0 Å². The van der Waals surface area contributed by atoms with E-state index in [1.807, 2.05) is 0 Å². The fraction of sp³-hybridized carbons (Fsp3) is 0.667. The summed E-state index contributed by atoms with van der Waals surface area (Å²) >= 11 is 0. The zero-order chi connectivity index (χ0) is 13.8. The molecule has 0 saturated carbocycles. The van der Waals surface area contributed by atoms with E-state index in [9.17, 15) is 14.5 Å². The number of ether oxygens (including phenoxy) is 2. The second-order valence-corrected chi connectivity index (χ2v) is 3.80. The lowest BCUT2D eigenvalue weighted by atomic mass is 10.2. The summed E-state index contributed by atoms with van der Waals surface area (Å²) in [6.45, 7) is 5.33. The van der Waals surface area contributed by atoms with Gasteiger partial charge in [0, 0.05) is 12.0 Å². The molecule has 18 heavy (non-hydrogen) atoms. The first-order valence-electron chi connectivity index (χ1n) is 5.85. The maximum Gasteiger partial charge on any atom is 0.333 e. The van der Waals surface area contributed by atoms with Crippen LogP contribution in [0, 0.1) is 4.91 Å². The molecule has 0 rings (SSSR count). The lowest BCUT2D eigenvalue weighted by Crippen LogP contribution is -2.14. The van der Waals surface area contributed by atoms with Crippen molar-refractivity contribution in [1.82, 2.24) is 0 Å². The van der Waals surface area contributed by atoms with Crippen LogP contribution in [-0.2, 0) is 19.1 Å². The summed E-state index contributed by atoms with van der Waals surface area (Å²) in [4.78, 5) is 31.9. The van der Waals surface area contributed by atoms with Gasteiger partial charge in [0.1, 0.15) is 13.2 Å². The minimum absolute atomic E-state index is 0.0342. The van der Waals surface area contributed by atoms with E-state index in [1.54, 1.807) is 6.92 Å². The molecule has 0 aliphatic carbocycles. The molecular weight excluding hydrogens is 238 g/mol. The van der Waals surface area contributed by atoms with Crippen LogP contribution in [0.4, 0.5) is 0 Å². The van der Waals surface area contributed by atoms with Crippen LogP contribution in [0.15, 0.2) is 17.3 Å². The summed E-state index contributed by atoms with van der Waals surface area (Å²) in [6, 6.07) is 0. The number of nitroso groups, excluding NO2 is 1. The number of carbonyl (C=O) groups excluding carboxylic acids is 2. The Balaban J connectivity index is 3.39. The van der Waals surface area contributed by atoms with Gasteiger partial charge in [-0.2, -0.15) is 4.91 Å². The van der Waals surface area contributed by atoms with Crippen molar-refractivity contribution in [2.24, 2.45) is 5.18 Å². The Morgan fingerprint density at radius 2 is 1.78 bits per heavy atom. The molecular formula is C12H19NO5. The molecule has 0 amide bonds. The molecule has 0 saturated heterocycles. The first kappa shape index (κ1) is 16.3. The van der Waals surface area contributed by atoms with Gasteiger partial charge in [0.25, 0.3) is 0 Å². The Morgan fingerprint density at radius 3 is 2.39 bits per heavy atom. The van der Waals surface area contributed by atoms with E-state index in [1.165, 1.54) is 0 Å². The molecule has 6 heteroatoms. The van der Waals surface area contributed by atoms with Gasteiger partial charge in [0.15, 0.2) is 0 Å². The van der Waals surface area contributed by atoms with Crippen LogP contribution < -0.4 is 0 Å². The van der Waals surface area contributed by atoms with E-state index in [4.69, 9.17) is 9.47 Å². The van der Waals surface area contributed by atoms with Crippen LogP contribution in [0.3, 0.4) is 0 Å². The fourth-order valence-electron chi connectivity index (χ4n) is 1.11. The fourth-order valence-corrected chi connectivity index (χ4v) is 1.11. The Morgan fingerprint density at radius 1 is 1.11 bits per heavy atom. The lowest BCUT2D eigenvalue weighted by molar-refractivity contribution is -0.150. The van der Waals surface area contributed by atoms with Gasteiger partial charge >= 0.3 is 11.9 Å². The SMILES string of the molecule is C=C(C)C(=O)OCCOC(=O)CCCCCN=O. The molecule has 0 aromatic carbocycles. The Hall–Kier alpha value is -1.72. The maximum atomic E-state index is 11.2. The molecule has 102 valence electrons. The van der Waals surface area contributed by atoms with Gasteiger partial charge in [-0.3, -0.25) is 4.79 Å². The van der Waals surface area contributed by atoms with Crippen LogP contribution in [0.25, 0.3) is 0 Å². The van der Waals surface area contributed by atoms with Crippen LogP contribution >= 0.6 is 0 Å². The summed E-state index contributed by atoms with van der Waals surface area (Å²) in [6.07, 6.45) is 2.42. The van der Waals surface area contributed by atoms with Crippen molar-refractivity contribution in [3.05, 3.63) is 17.1 Å². The molecule has 0 atom stereocenters. The van der Waals surface area contributed by atoms with Crippen LogP contribution in [0.2, 0.25) is 0 Å². The Labute approximate surface area is 106 Å². The second-order valence-electron chi connectivity index (χ2n) is 3.80. The highest BCUT2D eigenvalue weighted by Gasteiger charge is 2.05. The number of rotatable bonds is 10. The van der Waals surface area contributed by atoms with E-state index in [2.05, 4.69) is 11.8 Å². The van der Waals surface area contributed by atoms with Crippen molar-refractivity contribution in [1.29, 1.82) is 0 Å². The summed E-state index contributed by atoms with van der Waals surface area (Å²) in [5.41, 5.74) is 0.310. The highest BCUT2D eigenvalue weighted by Crippen LogP contribution is 2.01. The van der Waals surface area contributed by atoms with Gasteiger partial charge < -0.3 is 9.47 Å². The molecule has 0 aromatic heterocycles. The molecule has 6 nitrogen and oxygen atoms in total. The van der Waals surface area contributed by atoms with Gasteiger partial charge in [-0.05, 0) is 19.8 Å². The predicted molar refractivity (Wildman–Crippen MR) is 65.9 cm³/mol. The molecule has 0 fully saturated rings. The van der Waals surface area contributed by atoms with Gasteiger partial charge in [-0.1, -0.05) is 18.2 Å². The molecule has 0 bridgehead atoms. The third kappa shape index (κ3) is 9.50. The third-order valence-electron chi connectivity index (χ3n) is 2.06. The molecule has 0 aromatic rings. The minimum Gasteiger partial charge on any atom is -0.462 e. The van der Waals surface area contributed by atoms with Crippen LogP contribution in [0.5, 0.6) is 0 Å². The summed E-state index contributed by atoms with van der Waals surface area (Å²) in [7, 11) is 0. The van der Waals surface area contributed by atoms with Crippen molar-refractivity contribution in [2.75, 3.05) is 19.8 Å². The molecule has 0 aliphatic heterocycles. The topological polar surface area (TPSA) is 82.0 Å². The van der Waals surface area contributed by atoms with E-state index in [-0.39, 0.29) is 25.7 Å². The summed E-state index contributed by atoms with van der Waals surface area (Å²) < 4.78 is 9.60. The average molecular weight is 257 g/mol. The number of esters is 2. The van der Waals surface area contributed by atoms with E-state index >= 15 is 0 Å². The number of nitrogens with zero attached hydrogens (tertiary/aromatic N) is 1. The number of hydrogen-bond donors (Lipinski definition) is 0. The highest BCUT2D eigenvalue weighted by atomic mass is 16.6. The second kappa shape index (κ2) is 10.4. The van der Waals surface area contributed by atoms with E-state index in [0.29, 0.717) is 24.8 Å². The van der Waals surface area contributed by atoms with E-state index < -0.39 is 5.97 Å². The molecule has 0 unspecified atom stereocenters. The van der Waals surface area contributed by atoms with E-state index in [0.717, 1.165) is 6.42 Å². The molecule has 0 N–H and O–H groups in total. The average Bonchev–Trinajstić information content (AvgIpc) is 2.34. The van der Waals surface area contributed by atoms with Crippen molar-refractivity contribution in [3.8, 4) is 0 Å². The molecule has 0 spiro atoms. The van der Waals surface area contributed by atoms with Gasteiger partial charge in [-0.15, -0.1) is 0 Å². The quantitative estimate of drug-likeness (QED) is 0.258. The van der Waals surface area contributed by atoms with Crippen LogP contribution in [-0.4, -0.2) is 31.7 Å². The Kier molecular flexibility index (Phi) is 9.44. The Bertz CT molecular complexity index is 301. The monoisotopic (exact) mass is 257 g/mol. The normalized spacial score (nSPS) is 9.61. The number of carbonyl (C=O) groups is 2. The van der Waals surface area contributed by atoms with Gasteiger partial charge in [-0.25, -0.2) is 4.79 Å². The first-order valence-corrected chi connectivity index (χ1v) is 5.85. The smallest absolute Gasteiger partial charge is 0.333 e. The molecule has 0 aliphatic rings. The van der Waals surface area contributed by atoms with Crippen molar-refractivity contribution < 1.29 is 19.1 Å². The summed E-state index contributed by atoms with van der Waals surface area (Å²) in [5.74, 6) is -0.826. The van der Waals surface area contributed by atoms with Crippen molar-refractivity contribution in [2.45, 2.75) is 32.6 Å². The first-order chi connectivity index (χ1) is 8.57. The standard InChI is InChI=1S/C12H19NO5/c1-10(2)12(15)18-9-8-17-11(14)6-4-3-5-7-13-16/h1,3-9H2,2H3. The molecule has 0 heterocycles. The zero-order valence-corrected chi connectivity index (χ0v) is 10.6. The van der Waals surface area contributed by atoms with Gasteiger partial charge in [0.05, 0.1) is 6.54 Å². The maximum absolute atomic E-state index is 11.2. The number of unbranched alkanes of at least 4 members (excludes halogenated alkanes) is 2. The lowest BCUT2D eigenvalue weighted by Gasteiger charge is -2.05. The number of hydrogen-bond acceptors (Lipinski definition) is 6. The van der Waals surface area contributed by atoms with Gasteiger partial charge in [0.2, 0.25) is 0 Å². The predicted octanol–water partition coefficient (Wildman–Crippen LogP) is 1.98. The highest BCUT2D eigenvalue weighted by molar-refractivity contribution is 5.86. The largest absolute Gasteiger partial charge is 0.462 e. The van der Waals surface area contributed by atoms with Crippen molar-refractivity contribution >= 4 is 11.9 Å². The molecule has 0 radical (unpaired) electrons. The zero-order valence-electron chi connectivity index (χ0n) is 10.6. The van der Waals surface area contributed by atoms with Crippen LogP contribution in [0.1, 0.15) is 32.6 Å². The summed E-state index contributed by atoms with van der Waals surface area (Å²) in [5, 5.41) is 2.72. The third-order valence-corrected chi connectivity index (χ3v) is 2.06. The minimum atomic E-state index is -0.493.